The van der Waals surface area contributed by atoms with Crippen molar-refractivity contribution in [1.82, 2.24) is 14.7 Å². The first-order valence-electron chi connectivity index (χ1n) is 8.80. The van der Waals surface area contributed by atoms with Crippen molar-refractivity contribution >= 4 is 11.6 Å². The summed E-state index contributed by atoms with van der Waals surface area (Å²) in [5.41, 5.74) is 2.16. The van der Waals surface area contributed by atoms with Gasteiger partial charge in [0.2, 0.25) is 5.91 Å². The summed E-state index contributed by atoms with van der Waals surface area (Å²) in [6.45, 7) is 3.87. The van der Waals surface area contributed by atoms with Gasteiger partial charge in [-0.1, -0.05) is 13.0 Å². The van der Waals surface area contributed by atoms with Crippen LogP contribution in [0.25, 0.3) is 0 Å². The van der Waals surface area contributed by atoms with Crippen LogP contribution in [0.2, 0.25) is 0 Å². The fourth-order valence-corrected chi connectivity index (χ4v) is 3.18. The van der Waals surface area contributed by atoms with Gasteiger partial charge in [-0.15, -0.1) is 0 Å². The first-order chi connectivity index (χ1) is 12.6. The average molecular weight is 353 g/mol. The van der Waals surface area contributed by atoms with Gasteiger partial charge in [0.05, 0.1) is 19.3 Å². The Morgan fingerprint density at radius 1 is 1.42 bits per heavy atom. The van der Waals surface area contributed by atoms with Crippen LogP contribution in [0.1, 0.15) is 31.2 Å². The van der Waals surface area contributed by atoms with Crippen molar-refractivity contribution < 1.29 is 9.53 Å². The molecule has 0 fully saturated rings. The number of nitriles is 1. The number of fused-ring (bicyclic) bond motifs is 1. The third-order valence-electron chi connectivity index (χ3n) is 4.56. The number of hydrogen-bond acceptors (Lipinski definition) is 5. The van der Waals surface area contributed by atoms with Crippen LogP contribution in [-0.2, 0) is 17.9 Å². The van der Waals surface area contributed by atoms with Crippen LogP contribution in [-0.4, -0.2) is 40.3 Å². The van der Waals surface area contributed by atoms with E-state index >= 15 is 0 Å². The number of amides is 1. The fraction of sp³-hybridized carbons (Fsp3) is 0.421. The number of methoxy groups -OCH3 is 1. The zero-order valence-electron chi connectivity index (χ0n) is 15.1. The minimum absolute atomic E-state index is 0.0588. The second kappa shape index (κ2) is 7.91. The van der Waals surface area contributed by atoms with E-state index in [0.29, 0.717) is 25.2 Å². The monoisotopic (exact) mass is 353 g/mol. The van der Waals surface area contributed by atoms with Crippen LogP contribution in [0.5, 0.6) is 5.75 Å². The lowest BCUT2D eigenvalue weighted by molar-refractivity contribution is -0.132. The molecule has 26 heavy (non-hydrogen) atoms. The Morgan fingerprint density at radius 2 is 2.27 bits per heavy atom. The van der Waals surface area contributed by atoms with Gasteiger partial charge in [0.1, 0.15) is 17.9 Å². The fourth-order valence-electron chi connectivity index (χ4n) is 3.18. The second-order valence-corrected chi connectivity index (χ2v) is 6.31. The summed E-state index contributed by atoms with van der Waals surface area (Å²) in [5, 5.41) is 16.6. The molecule has 1 N–H and O–H groups in total. The Hall–Kier alpha value is -3.01. The molecule has 7 heteroatoms. The highest BCUT2D eigenvalue weighted by molar-refractivity contribution is 5.84. The van der Waals surface area contributed by atoms with E-state index in [4.69, 9.17) is 10.00 Å². The van der Waals surface area contributed by atoms with Gasteiger partial charge in [0.15, 0.2) is 5.69 Å². The molecule has 7 nitrogen and oxygen atoms in total. The molecule has 2 heterocycles. The molecular formula is C19H23N5O2. The van der Waals surface area contributed by atoms with Crippen LogP contribution in [0.15, 0.2) is 30.3 Å². The molecule has 1 aromatic carbocycles. The number of carbonyl (C=O) groups is 1. The Kier molecular flexibility index (Phi) is 5.42. The number of ether oxygens (including phenoxy) is 1. The highest BCUT2D eigenvalue weighted by atomic mass is 16.5. The van der Waals surface area contributed by atoms with Crippen molar-refractivity contribution in [3.8, 4) is 11.8 Å². The standard InChI is InChI=1S/C19H23N5O2/c1-3-18(21-14-6-4-7-17(11-14)26-2)19(25)23-8-5-9-24-16(13-23)10-15(12-20)22-24/h4,6-7,10-11,18,21H,3,5,8-9,13H2,1-2H3/t18-/m0/s1. The van der Waals surface area contributed by atoms with E-state index in [9.17, 15) is 4.79 Å². The van der Waals surface area contributed by atoms with E-state index in [-0.39, 0.29) is 11.9 Å². The van der Waals surface area contributed by atoms with Gasteiger partial charge < -0.3 is 15.0 Å². The molecule has 0 saturated heterocycles. The molecule has 1 aromatic heterocycles. The molecule has 1 amide bonds. The van der Waals surface area contributed by atoms with E-state index in [1.807, 2.05) is 40.8 Å². The van der Waals surface area contributed by atoms with Crippen molar-refractivity contribution in [1.29, 1.82) is 5.26 Å². The second-order valence-electron chi connectivity index (χ2n) is 6.31. The average Bonchev–Trinajstić information content (AvgIpc) is 2.96. The van der Waals surface area contributed by atoms with E-state index < -0.39 is 0 Å². The molecule has 2 aromatic rings. The van der Waals surface area contributed by atoms with E-state index in [0.717, 1.165) is 30.1 Å². The highest BCUT2D eigenvalue weighted by Gasteiger charge is 2.26. The molecule has 0 bridgehead atoms. The zero-order valence-corrected chi connectivity index (χ0v) is 15.1. The van der Waals surface area contributed by atoms with Gasteiger partial charge in [-0.25, -0.2) is 0 Å². The number of anilines is 1. The smallest absolute Gasteiger partial charge is 0.245 e. The lowest BCUT2D eigenvalue weighted by Gasteiger charge is -2.26. The molecule has 1 aliphatic rings. The molecule has 0 radical (unpaired) electrons. The van der Waals surface area contributed by atoms with Gasteiger partial charge in [0.25, 0.3) is 0 Å². The van der Waals surface area contributed by atoms with E-state index in [1.54, 1.807) is 13.2 Å². The molecule has 0 unspecified atom stereocenters. The Balaban J connectivity index is 1.74. The number of benzene rings is 1. The number of hydrogen-bond donors (Lipinski definition) is 1. The number of aromatic nitrogens is 2. The molecular weight excluding hydrogens is 330 g/mol. The van der Waals surface area contributed by atoms with Gasteiger partial charge in [-0.2, -0.15) is 10.4 Å². The summed E-state index contributed by atoms with van der Waals surface area (Å²) < 4.78 is 7.08. The Morgan fingerprint density at radius 3 is 3.00 bits per heavy atom. The molecule has 0 spiro atoms. The van der Waals surface area contributed by atoms with Gasteiger partial charge >= 0.3 is 0 Å². The van der Waals surface area contributed by atoms with Crippen LogP contribution in [0, 0.1) is 11.3 Å². The molecule has 136 valence electrons. The first kappa shape index (κ1) is 17.8. The largest absolute Gasteiger partial charge is 0.497 e. The van der Waals surface area contributed by atoms with Crippen molar-refractivity contribution in [3.05, 3.63) is 41.7 Å². The molecule has 0 saturated carbocycles. The summed E-state index contributed by atoms with van der Waals surface area (Å²) >= 11 is 0. The summed E-state index contributed by atoms with van der Waals surface area (Å²) in [6.07, 6.45) is 1.50. The van der Waals surface area contributed by atoms with Crippen LogP contribution in [0.4, 0.5) is 5.69 Å². The quantitative estimate of drug-likeness (QED) is 0.892. The lowest BCUT2D eigenvalue weighted by atomic mass is 10.1. The minimum atomic E-state index is -0.313. The molecule has 1 aliphatic heterocycles. The topological polar surface area (TPSA) is 83.2 Å². The minimum Gasteiger partial charge on any atom is -0.497 e. The number of nitrogens with one attached hydrogen (secondary N) is 1. The summed E-state index contributed by atoms with van der Waals surface area (Å²) in [5.74, 6) is 0.809. The number of nitrogens with zero attached hydrogens (tertiary/aromatic N) is 4. The third-order valence-corrected chi connectivity index (χ3v) is 4.56. The molecule has 1 atom stereocenters. The predicted octanol–water partition coefficient (Wildman–Crippen LogP) is 2.39. The third kappa shape index (κ3) is 3.80. The summed E-state index contributed by atoms with van der Waals surface area (Å²) in [4.78, 5) is 14.9. The SMILES string of the molecule is CC[C@H](Nc1cccc(OC)c1)C(=O)N1CCCn2nc(C#N)cc2C1. The Labute approximate surface area is 153 Å². The lowest BCUT2D eigenvalue weighted by Crippen LogP contribution is -2.42. The number of carbonyl (C=O) groups excluding carboxylic acids is 1. The van der Waals surface area contributed by atoms with Crippen LogP contribution < -0.4 is 10.1 Å². The van der Waals surface area contributed by atoms with Crippen molar-refractivity contribution in [2.75, 3.05) is 19.0 Å². The summed E-state index contributed by atoms with van der Waals surface area (Å²) in [6, 6.07) is 11.1. The maximum Gasteiger partial charge on any atom is 0.245 e. The van der Waals surface area contributed by atoms with Crippen molar-refractivity contribution in [2.24, 2.45) is 0 Å². The van der Waals surface area contributed by atoms with Crippen LogP contribution >= 0.6 is 0 Å². The van der Waals surface area contributed by atoms with Gasteiger partial charge in [0, 0.05) is 24.8 Å². The predicted molar refractivity (Wildman–Crippen MR) is 97.7 cm³/mol. The van der Waals surface area contributed by atoms with Crippen molar-refractivity contribution in [2.45, 2.75) is 38.9 Å². The normalized spacial score (nSPS) is 14.7. The highest BCUT2D eigenvalue weighted by Crippen LogP contribution is 2.20. The number of aryl methyl sites for hydroxylation is 1. The first-order valence-corrected chi connectivity index (χ1v) is 8.80. The Bertz CT molecular complexity index is 824. The zero-order chi connectivity index (χ0) is 18.5. The maximum absolute atomic E-state index is 13.1. The van der Waals surface area contributed by atoms with Gasteiger partial charge in [-0.3, -0.25) is 9.48 Å². The molecule has 3 rings (SSSR count). The molecule has 0 aliphatic carbocycles. The number of rotatable bonds is 5. The maximum atomic E-state index is 13.1. The van der Waals surface area contributed by atoms with E-state index in [1.165, 1.54) is 0 Å². The summed E-state index contributed by atoms with van der Waals surface area (Å²) in [7, 11) is 1.62. The van der Waals surface area contributed by atoms with Crippen molar-refractivity contribution in [3.63, 3.8) is 0 Å². The van der Waals surface area contributed by atoms with Crippen LogP contribution in [0.3, 0.4) is 0 Å². The van der Waals surface area contributed by atoms with E-state index in [2.05, 4.69) is 16.5 Å². The van der Waals surface area contributed by atoms with Gasteiger partial charge in [-0.05, 0) is 31.0 Å².